The summed E-state index contributed by atoms with van der Waals surface area (Å²) < 4.78 is 15.0. The maximum absolute atomic E-state index is 14.2. The summed E-state index contributed by atoms with van der Waals surface area (Å²) in [6.45, 7) is 2.85. The highest BCUT2D eigenvalue weighted by Crippen LogP contribution is 2.31. The minimum absolute atomic E-state index is 0.240. The molecule has 112 valence electrons. The lowest BCUT2D eigenvalue weighted by molar-refractivity contribution is 0.546. The molecule has 0 spiro atoms. The highest BCUT2D eigenvalue weighted by Gasteiger charge is 2.18. The Balaban J connectivity index is 2.44. The molecule has 0 saturated heterocycles. The normalized spacial score (nSPS) is 12.4. The van der Waals surface area contributed by atoms with E-state index in [1.807, 2.05) is 12.1 Å². The van der Waals surface area contributed by atoms with E-state index in [2.05, 4.69) is 28.2 Å². The average Bonchev–Trinajstić information content (AvgIpc) is 2.44. The monoisotopic (exact) mass is 389 g/mol. The molecule has 0 heterocycles. The van der Waals surface area contributed by atoms with Crippen LogP contribution in [-0.2, 0) is 0 Å². The molecule has 2 aromatic rings. The number of rotatable bonds is 5. The lowest BCUT2D eigenvalue weighted by Crippen LogP contribution is -2.24. The summed E-state index contributed by atoms with van der Waals surface area (Å²) in [5.74, 6) is -0.317. The van der Waals surface area contributed by atoms with E-state index in [0.717, 1.165) is 23.0 Å². The Morgan fingerprint density at radius 2 is 1.95 bits per heavy atom. The first-order valence-electron chi connectivity index (χ1n) is 6.66. The van der Waals surface area contributed by atoms with Crippen LogP contribution in [0.5, 0.6) is 0 Å². The van der Waals surface area contributed by atoms with Crippen LogP contribution in [0.25, 0.3) is 0 Å². The minimum Gasteiger partial charge on any atom is -0.306 e. The molecule has 0 aromatic heterocycles. The van der Waals surface area contributed by atoms with Gasteiger partial charge in [0.1, 0.15) is 5.82 Å². The number of hydrogen-bond acceptors (Lipinski definition) is 1. The number of halogens is 4. The Bertz CT molecular complexity index is 634. The van der Waals surface area contributed by atoms with Gasteiger partial charge in [-0.1, -0.05) is 42.3 Å². The van der Waals surface area contributed by atoms with E-state index >= 15 is 0 Å². The van der Waals surface area contributed by atoms with Crippen molar-refractivity contribution in [1.82, 2.24) is 5.32 Å². The van der Waals surface area contributed by atoms with E-state index in [-0.39, 0.29) is 11.9 Å². The Morgan fingerprint density at radius 3 is 2.57 bits per heavy atom. The van der Waals surface area contributed by atoms with Crippen LogP contribution in [0.1, 0.15) is 30.5 Å². The second-order valence-corrected chi connectivity index (χ2v) is 6.42. The number of nitrogens with one attached hydrogen (secondary N) is 1. The van der Waals surface area contributed by atoms with Crippen molar-refractivity contribution >= 4 is 39.1 Å². The van der Waals surface area contributed by atoms with Gasteiger partial charge in [0.15, 0.2) is 0 Å². The van der Waals surface area contributed by atoms with Crippen molar-refractivity contribution in [3.8, 4) is 0 Å². The Labute approximate surface area is 142 Å². The van der Waals surface area contributed by atoms with Crippen LogP contribution < -0.4 is 5.32 Å². The lowest BCUT2D eigenvalue weighted by Gasteiger charge is -2.21. The Morgan fingerprint density at radius 1 is 1.19 bits per heavy atom. The standard InChI is InChI=1S/C16H15BrCl2FN/c1-2-7-21-16(10-3-6-14(19)13(17)8-10)12-5-4-11(18)9-15(12)20/h3-6,8-9,16,21H,2,7H2,1H3. The van der Waals surface area contributed by atoms with Crippen molar-refractivity contribution in [3.05, 3.63) is 67.9 Å². The second-order valence-electron chi connectivity index (χ2n) is 4.73. The Hall–Kier alpha value is -0.610. The summed E-state index contributed by atoms with van der Waals surface area (Å²) in [5, 5.41) is 4.38. The zero-order valence-corrected chi connectivity index (χ0v) is 14.6. The fraction of sp³-hybridized carbons (Fsp3) is 0.250. The number of benzene rings is 2. The van der Waals surface area contributed by atoms with Crippen LogP contribution in [0.2, 0.25) is 10.0 Å². The molecule has 21 heavy (non-hydrogen) atoms. The molecule has 0 fully saturated rings. The molecular weight excluding hydrogens is 376 g/mol. The average molecular weight is 391 g/mol. The molecule has 0 bridgehead atoms. The Kier molecular flexibility index (Phi) is 6.06. The quantitative estimate of drug-likeness (QED) is 0.661. The fourth-order valence-corrected chi connectivity index (χ4v) is 2.80. The third-order valence-electron chi connectivity index (χ3n) is 3.15. The van der Waals surface area contributed by atoms with Gasteiger partial charge in [-0.15, -0.1) is 0 Å². The topological polar surface area (TPSA) is 12.0 Å². The molecule has 1 nitrogen and oxygen atoms in total. The highest BCUT2D eigenvalue weighted by atomic mass is 79.9. The van der Waals surface area contributed by atoms with Gasteiger partial charge in [0.25, 0.3) is 0 Å². The molecule has 0 aliphatic rings. The molecule has 0 amide bonds. The maximum atomic E-state index is 14.2. The second kappa shape index (κ2) is 7.59. The molecule has 1 atom stereocenters. The van der Waals surface area contributed by atoms with Crippen molar-refractivity contribution in [3.63, 3.8) is 0 Å². The van der Waals surface area contributed by atoms with Gasteiger partial charge in [-0.25, -0.2) is 4.39 Å². The first-order chi connectivity index (χ1) is 10.0. The molecular formula is C16H15BrCl2FN. The van der Waals surface area contributed by atoms with Crippen LogP contribution in [0.4, 0.5) is 4.39 Å². The molecule has 5 heteroatoms. The predicted octanol–water partition coefficient (Wildman–Crippen LogP) is 5.98. The molecule has 2 aromatic carbocycles. The van der Waals surface area contributed by atoms with Crippen molar-refractivity contribution in [2.24, 2.45) is 0 Å². The van der Waals surface area contributed by atoms with Crippen molar-refractivity contribution < 1.29 is 4.39 Å². The van der Waals surface area contributed by atoms with Crippen LogP contribution in [0.3, 0.4) is 0 Å². The lowest BCUT2D eigenvalue weighted by atomic mass is 9.98. The van der Waals surface area contributed by atoms with Gasteiger partial charge >= 0.3 is 0 Å². The van der Waals surface area contributed by atoms with Crippen LogP contribution in [-0.4, -0.2) is 6.54 Å². The van der Waals surface area contributed by atoms with Gasteiger partial charge in [-0.05, 0) is 58.7 Å². The molecule has 1 unspecified atom stereocenters. The predicted molar refractivity (Wildman–Crippen MR) is 90.7 cm³/mol. The van der Waals surface area contributed by atoms with Gasteiger partial charge < -0.3 is 5.32 Å². The van der Waals surface area contributed by atoms with Crippen LogP contribution >= 0.6 is 39.1 Å². The number of hydrogen-bond donors (Lipinski definition) is 1. The zero-order valence-electron chi connectivity index (χ0n) is 11.5. The van der Waals surface area contributed by atoms with Crippen molar-refractivity contribution in [1.29, 1.82) is 0 Å². The highest BCUT2D eigenvalue weighted by molar-refractivity contribution is 9.10. The van der Waals surface area contributed by atoms with Crippen molar-refractivity contribution in [2.45, 2.75) is 19.4 Å². The summed E-state index contributed by atoms with van der Waals surface area (Å²) in [6, 6.07) is 10.1. The summed E-state index contributed by atoms with van der Waals surface area (Å²) >= 11 is 15.3. The van der Waals surface area contributed by atoms with Crippen LogP contribution in [0.15, 0.2) is 40.9 Å². The summed E-state index contributed by atoms with van der Waals surface area (Å²) in [4.78, 5) is 0. The third kappa shape index (κ3) is 4.19. The molecule has 0 radical (unpaired) electrons. The van der Waals surface area contributed by atoms with E-state index in [1.54, 1.807) is 18.2 Å². The molecule has 0 aliphatic heterocycles. The van der Waals surface area contributed by atoms with E-state index in [4.69, 9.17) is 23.2 Å². The van der Waals surface area contributed by atoms with Crippen molar-refractivity contribution in [2.75, 3.05) is 6.54 Å². The van der Waals surface area contributed by atoms with Gasteiger partial charge in [-0.3, -0.25) is 0 Å². The summed E-state index contributed by atoms with van der Waals surface area (Å²) in [5.41, 5.74) is 1.52. The fourth-order valence-electron chi connectivity index (χ4n) is 2.12. The van der Waals surface area contributed by atoms with Crippen LogP contribution in [0, 0.1) is 5.82 Å². The zero-order chi connectivity index (χ0) is 15.4. The van der Waals surface area contributed by atoms with Gasteiger partial charge in [-0.2, -0.15) is 0 Å². The first kappa shape index (κ1) is 16.8. The largest absolute Gasteiger partial charge is 0.306 e. The van der Waals surface area contributed by atoms with E-state index < -0.39 is 0 Å². The smallest absolute Gasteiger partial charge is 0.129 e. The van der Waals surface area contributed by atoms with E-state index in [9.17, 15) is 4.39 Å². The van der Waals surface area contributed by atoms with E-state index in [0.29, 0.717) is 15.6 Å². The summed E-state index contributed by atoms with van der Waals surface area (Å²) in [7, 11) is 0. The van der Waals surface area contributed by atoms with Gasteiger partial charge in [0.2, 0.25) is 0 Å². The maximum Gasteiger partial charge on any atom is 0.129 e. The molecule has 2 rings (SSSR count). The molecule has 1 N–H and O–H groups in total. The molecule has 0 saturated carbocycles. The first-order valence-corrected chi connectivity index (χ1v) is 8.21. The summed E-state index contributed by atoms with van der Waals surface area (Å²) in [6.07, 6.45) is 0.959. The SMILES string of the molecule is CCCNC(c1ccc(Cl)c(Br)c1)c1ccc(Cl)cc1F. The van der Waals surface area contributed by atoms with E-state index in [1.165, 1.54) is 6.07 Å². The minimum atomic E-state index is -0.317. The van der Waals surface area contributed by atoms with Gasteiger partial charge in [0.05, 0.1) is 11.1 Å². The van der Waals surface area contributed by atoms with Gasteiger partial charge in [0, 0.05) is 15.1 Å². The third-order valence-corrected chi connectivity index (χ3v) is 4.60. The molecule has 0 aliphatic carbocycles.